The molecule has 0 atom stereocenters. The van der Waals surface area contributed by atoms with Crippen molar-refractivity contribution >= 4 is 35.0 Å². The monoisotopic (exact) mass is 276 g/mol. The Morgan fingerprint density at radius 2 is 1.81 bits per heavy atom. The molecule has 1 rings (SSSR count). The number of hydrogen-bond donors (Lipinski definition) is 0. The van der Waals surface area contributed by atoms with E-state index in [1.54, 1.807) is 11.8 Å². The average molecular weight is 277 g/mol. The van der Waals surface area contributed by atoms with E-state index in [0.717, 1.165) is 20.7 Å². The van der Waals surface area contributed by atoms with Gasteiger partial charge < -0.3 is 0 Å². The molecule has 1 aromatic rings. The van der Waals surface area contributed by atoms with Gasteiger partial charge in [0.05, 0.1) is 5.02 Å². The Bertz CT molecular complexity index is 313. The zero-order valence-corrected chi connectivity index (χ0v) is 12.0. The van der Waals surface area contributed by atoms with E-state index in [-0.39, 0.29) is 0 Å². The Hall–Kier alpha value is 0.150. The number of benzene rings is 1. The zero-order valence-electron chi connectivity index (χ0n) is 9.64. The zero-order chi connectivity index (χ0) is 11.8. The standard InChI is InChI=1S/C13H18Cl2S/c1-2-3-4-5-6-9-16-13-10-11(14)7-8-12(13)15/h7-8,10H,2-6,9H2,1H3. The molecule has 0 spiro atoms. The molecule has 0 aromatic heterocycles. The van der Waals surface area contributed by atoms with Crippen molar-refractivity contribution in [2.75, 3.05) is 5.75 Å². The van der Waals surface area contributed by atoms with Gasteiger partial charge in [-0.05, 0) is 30.4 Å². The lowest BCUT2D eigenvalue weighted by Gasteiger charge is -2.04. The van der Waals surface area contributed by atoms with Gasteiger partial charge in [0.2, 0.25) is 0 Å². The molecule has 0 fully saturated rings. The first kappa shape index (κ1) is 14.2. The number of rotatable bonds is 7. The predicted octanol–water partition coefficient (Wildman–Crippen LogP) is 6.06. The first-order valence-electron chi connectivity index (χ1n) is 5.82. The van der Waals surface area contributed by atoms with E-state index in [9.17, 15) is 0 Å². The second kappa shape index (κ2) is 8.27. The molecule has 1 aromatic carbocycles. The summed E-state index contributed by atoms with van der Waals surface area (Å²) in [5.74, 6) is 1.13. The van der Waals surface area contributed by atoms with E-state index >= 15 is 0 Å². The minimum Gasteiger partial charge on any atom is -0.125 e. The molecular formula is C13H18Cl2S. The molecule has 0 saturated heterocycles. The second-order valence-electron chi connectivity index (χ2n) is 3.84. The molecule has 0 amide bonds. The summed E-state index contributed by atoms with van der Waals surface area (Å²) in [6.45, 7) is 2.24. The van der Waals surface area contributed by atoms with Crippen LogP contribution in [0.15, 0.2) is 23.1 Å². The van der Waals surface area contributed by atoms with Crippen LogP contribution in [0.4, 0.5) is 0 Å². The lowest BCUT2D eigenvalue weighted by Crippen LogP contribution is -1.83. The fourth-order valence-electron chi connectivity index (χ4n) is 1.48. The van der Waals surface area contributed by atoms with Crippen LogP contribution in [0.3, 0.4) is 0 Å². The summed E-state index contributed by atoms with van der Waals surface area (Å²) in [5, 5.41) is 1.57. The molecule has 0 N–H and O–H groups in total. The molecule has 0 nitrogen and oxygen atoms in total. The van der Waals surface area contributed by atoms with Crippen molar-refractivity contribution in [3.05, 3.63) is 28.2 Å². The second-order valence-corrected chi connectivity index (χ2v) is 5.82. The Kier molecular flexibility index (Phi) is 7.35. The lowest BCUT2D eigenvalue weighted by atomic mass is 10.2. The molecule has 0 aliphatic heterocycles. The highest BCUT2D eigenvalue weighted by Crippen LogP contribution is 2.30. The SMILES string of the molecule is CCCCCCCSc1cc(Cl)ccc1Cl. The van der Waals surface area contributed by atoms with Crippen molar-refractivity contribution in [3.8, 4) is 0 Å². The largest absolute Gasteiger partial charge is 0.125 e. The van der Waals surface area contributed by atoms with Gasteiger partial charge in [-0.1, -0.05) is 55.8 Å². The molecule has 0 bridgehead atoms. The van der Waals surface area contributed by atoms with Crippen LogP contribution in [0.25, 0.3) is 0 Å². The van der Waals surface area contributed by atoms with Crippen LogP contribution < -0.4 is 0 Å². The Morgan fingerprint density at radius 1 is 1.06 bits per heavy atom. The molecule has 16 heavy (non-hydrogen) atoms. The fraction of sp³-hybridized carbons (Fsp3) is 0.538. The summed E-state index contributed by atoms with van der Waals surface area (Å²) in [7, 11) is 0. The molecule has 0 unspecified atom stereocenters. The molecule has 90 valence electrons. The van der Waals surface area contributed by atoms with Gasteiger partial charge >= 0.3 is 0 Å². The maximum absolute atomic E-state index is 6.08. The maximum Gasteiger partial charge on any atom is 0.0542 e. The van der Waals surface area contributed by atoms with E-state index < -0.39 is 0 Å². The highest BCUT2D eigenvalue weighted by atomic mass is 35.5. The van der Waals surface area contributed by atoms with Crippen molar-refractivity contribution < 1.29 is 0 Å². The third kappa shape index (κ3) is 5.47. The first-order valence-corrected chi connectivity index (χ1v) is 7.56. The first-order chi connectivity index (χ1) is 7.74. The normalized spacial score (nSPS) is 10.7. The predicted molar refractivity (Wildman–Crippen MR) is 75.9 cm³/mol. The molecule has 0 aliphatic rings. The van der Waals surface area contributed by atoms with Crippen LogP contribution in [0, 0.1) is 0 Å². The maximum atomic E-state index is 6.08. The van der Waals surface area contributed by atoms with Crippen LogP contribution >= 0.6 is 35.0 Å². The van der Waals surface area contributed by atoms with Crippen LogP contribution in [0.5, 0.6) is 0 Å². The van der Waals surface area contributed by atoms with Crippen molar-refractivity contribution in [1.82, 2.24) is 0 Å². The topological polar surface area (TPSA) is 0 Å². The molecule has 3 heteroatoms. The number of unbranched alkanes of at least 4 members (excludes halogenated alkanes) is 4. The summed E-state index contributed by atoms with van der Waals surface area (Å²) >= 11 is 13.8. The Morgan fingerprint density at radius 3 is 2.56 bits per heavy atom. The quantitative estimate of drug-likeness (QED) is 0.431. The number of halogens is 2. The van der Waals surface area contributed by atoms with Gasteiger partial charge in [-0.15, -0.1) is 11.8 Å². The molecule has 0 saturated carbocycles. The van der Waals surface area contributed by atoms with Gasteiger partial charge in [-0.2, -0.15) is 0 Å². The molecule has 0 radical (unpaired) electrons. The number of thioether (sulfide) groups is 1. The van der Waals surface area contributed by atoms with E-state index in [0.29, 0.717) is 0 Å². The van der Waals surface area contributed by atoms with Crippen molar-refractivity contribution in [2.45, 2.75) is 43.9 Å². The smallest absolute Gasteiger partial charge is 0.0542 e. The number of hydrogen-bond acceptors (Lipinski definition) is 1. The fourth-order valence-corrected chi connectivity index (χ4v) is 2.98. The van der Waals surface area contributed by atoms with Crippen LogP contribution in [0.1, 0.15) is 39.0 Å². The van der Waals surface area contributed by atoms with Gasteiger partial charge in [0, 0.05) is 9.92 Å². The van der Waals surface area contributed by atoms with Crippen LogP contribution in [-0.4, -0.2) is 5.75 Å². The summed E-state index contributed by atoms with van der Waals surface area (Å²) < 4.78 is 0. The summed E-state index contributed by atoms with van der Waals surface area (Å²) in [4.78, 5) is 1.10. The average Bonchev–Trinajstić information content (AvgIpc) is 2.28. The Labute approximate surface area is 113 Å². The lowest BCUT2D eigenvalue weighted by molar-refractivity contribution is 0.659. The van der Waals surface area contributed by atoms with Gasteiger partial charge in [0.25, 0.3) is 0 Å². The van der Waals surface area contributed by atoms with Crippen LogP contribution in [-0.2, 0) is 0 Å². The van der Waals surface area contributed by atoms with Crippen molar-refractivity contribution in [1.29, 1.82) is 0 Å². The van der Waals surface area contributed by atoms with E-state index in [2.05, 4.69) is 6.92 Å². The van der Waals surface area contributed by atoms with Gasteiger partial charge in [-0.3, -0.25) is 0 Å². The third-order valence-corrected chi connectivity index (χ3v) is 4.22. The van der Waals surface area contributed by atoms with Crippen LogP contribution in [0.2, 0.25) is 10.0 Å². The summed E-state index contributed by atoms with van der Waals surface area (Å²) in [6.07, 6.45) is 6.57. The summed E-state index contributed by atoms with van der Waals surface area (Å²) in [6, 6.07) is 5.64. The third-order valence-electron chi connectivity index (χ3n) is 2.40. The van der Waals surface area contributed by atoms with Gasteiger partial charge in [0.1, 0.15) is 0 Å². The minimum absolute atomic E-state index is 0.762. The van der Waals surface area contributed by atoms with Crippen molar-refractivity contribution in [3.63, 3.8) is 0 Å². The molecular weight excluding hydrogens is 259 g/mol. The van der Waals surface area contributed by atoms with E-state index in [1.807, 2.05) is 18.2 Å². The Balaban J connectivity index is 2.23. The van der Waals surface area contributed by atoms with E-state index in [4.69, 9.17) is 23.2 Å². The highest BCUT2D eigenvalue weighted by Gasteiger charge is 2.01. The van der Waals surface area contributed by atoms with Crippen molar-refractivity contribution in [2.24, 2.45) is 0 Å². The summed E-state index contributed by atoms with van der Waals surface area (Å²) in [5.41, 5.74) is 0. The molecule has 0 aliphatic carbocycles. The van der Waals surface area contributed by atoms with Gasteiger partial charge in [0.15, 0.2) is 0 Å². The minimum atomic E-state index is 0.762. The highest BCUT2D eigenvalue weighted by molar-refractivity contribution is 7.99. The van der Waals surface area contributed by atoms with E-state index in [1.165, 1.54) is 32.1 Å². The molecule has 0 heterocycles. The van der Waals surface area contributed by atoms with Gasteiger partial charge in [-0.25, -0.2) is 0 Å².